The molecule has 7 heteroatoms. The maximum Gasteiger partial charge on any atom is 0.180 e. The molecule has 0 unspecified atom stereocenters. The number of nitrogens with zero attached hydrogens (tertiary/aromatic N) is 4. The van der Waals surface area contributed by atoms with E-state index in [2.05, 4.69) is 15.3 Å². The normalized spacial score (nSPS) is 10.9. The van der Waals surface area contributed by atoms with Crippen molar-refractivity contribution >= 4 is 17.3 Å². The van der Waals surface area contributed by atoms with Crippen LogP contribution in [-0.2, 0) is 0 Å². The predicted molar refractivity (Wildman–Crippen MR) is 73.5 cm³/mol. The number of hydrogen-bond acceptors (Lipinski definition) is 6. The molecule has 0 bridgehead atoms. The number of imidazole rings is 1. The van der Waals surface area contributed by atoms with Crippen LogP contribution in [0.4, 0.5) is 11.6 Å². The van der Waals surface area contributed by atoms with Crippen molar-refractivity contribution in [1.29, 1.82) is 0 Å². The summed E-state index contributed by atoms with van der Waals surface area (Å²) in [4.78, 5) is 10.6. The number of hydrogen-bond donors (Lipinski definition) is 3. The average molecular weight is 265 g/mol. The van der Waals surface area contributed by atoms with Crippen LogP contribution in [0.2, 0.25) is 0 Å². The highest BCUT2D eigenvalue weighted by Crippen LogP contribution is 2.20. The highest BCUT2D eigenvalue weighted by atomic mass is 16.3. The molecule has 0 aromatic carbocycles. The molecule has 2 aromatic heterocycles. The van der Waals surface area contributed by atoms with Crippen molar-refractivity contribution in [3.05, 3.63) is 18.6 Å². The highest BCUT2D eigenvalue weighted by Gasteiger charge is 2.14. The summed E-state index contributed by atoms with van der Waals surface area (Å²) in [5.41, 5.74) is 0.712. The Morgan fingerprint density at radius 3 is 2.68 bits per heavy atom. The van der Waals surface area contributed by atoms with Crippen molar-refractivity contribution in [3.63, 3.8) is 0 Å². The molecule has 0 aliphatic heterocycles. The van der Waals surface area contributed by atoms with Crippen molar-refractivity contribution < 1.29 is 10.2 Å². The second kappa shape index (κ2) is 6.35. The summed E-state index contributed by atoms with van der Waals surface area (Å²) < 4.78 is 1.88. The molecular formula is C12H19N5O2. The zero-order valence-corrected chi connectivity index (χ0v) is 11.0. The molecule has 0 radical (unpaired) electrons. The lowest BCUT2D eigenvalue weighted by atomic mass is 10.4. The minimum atomic E-state index is -0.0000173. The molecular weight excluding hydrogens is 246 g/mol. The first-order valence-electron chi connectivity index (χ1n) is 6.34. The van der Waals surface area contributed by atoms with E-state index in [0.717, 1.165) is 12.4 Å². The molecule has 0 fully saturated rings. The van der Waals surface area contributed by atoms with Crippen LogP contribution >= 0.6 is 0 Å². The van der Waals surface area contributed by atoms with E-state index in [1.54, 1.807) is 6.20 Å². The van der Waals surface area contributed by atoms with Gasteiger partial charge in [-0.2, -0.15) is 0 Å². The first-order chi connectivity index (χ1) is 9.30. The van der Waals surface area contributed by atoms with Gasteiger partial charge in [-0.15, -0.1) is 0 Å². The predicted octanol–water partition coefficient (Wildman–Crippen LogP) is -0.0479. The number of aliphatic hydroxyl groups excluding tert-OH is 2. The van der Waals surface area contributed by atoms with Gasteiger partial charge in [-0.25, -0.2) is 9.97 Å². The Balaban J connectivity index is 2.45. The first-order valence-corrected chi connectivity index (χ1v) is 6.34. The number of nitrogens with one attached hydrogen (secondary N) is 1. The van der Waals surface area contributed by atoms with E-state index in [0.29, 0.717) is 24.6 Å². The van der Waals surface area contributed by atoms with Crippen molar-refractivity contribution in [2.45, 2.75) is 6.92 Å². The molecule has 0 saturated heterocycles. The molecule has 7 nitrogen and oxygen atoms in total. The third-order valence-electron chi connectivity index (χ3n) is 2.75. The van der Waals surface area contributed by atoms with E-state index in [9.17, 15) is 0 Å². The third kappa shape index (κ3) is 2.94. The largest absolute Gasteiger partial charge is 0.395 e. The first kappa shape index (κ1) is 13.6. The Kier molecular flexibility index (Phi) is 4.53. The van der Waals surface area contributed by atoms with E-state index in [4.69, 9.17) is 10.2 Å². The van der Waals surface area contributed by atoms with Crippen molar-refractivity contribution in [3.8, 4) is 0 Å². The van der Waals surface area contributed by atoms with E-state index in [-0.39, 0.29) is 13.2 Å². The number of aromatic nitrogens is 3. The minimum absolute atomic E-state index is 0.0000173. The maximum absolute atomic E-state index is 9.13. The number of anilines is 2. The fourth-order valence-electron chi connectivity index (χ4n) is 1.96. The summed E-state index contributed by atoms with van der Waals surface area (Å²) in [5.74, 6) is 1.40. The SMILES string of the molecule is CCNc1cn2ccnc2c(N(CCO)CCO)n1. The van der Waals surface area contributed by atoms with Crippen LogP contribution in [0.5, 0.6) is 0 Å². The van der Waals surface area contributed by atoms with Crippen LogP contribution in [0.15, 0.2) is 18.6 Å². The standard InChI is InChI=1S/C12H19N5O2/c1-2-13-10-9-17-4-3-14-11(17)12(15-10)16(5-7-18)6-8-19/h3-4,9,13,18-19H,2,5-8H2,1H3. The van der Waals surface area contributed by atoms with E-state index < -0.39 is 0 Å². The van der Waals surface area contributed by atoms with Gasteiger partial charge in [0.25, 0.3) is 0 Å². The van der Waals surface area contributed by atoms with Gasteiger partial charge < -0.3 is 24.8 Å². The van der Waals surface area contributed by atoms with Gasteiger partial charge in [0.05, 0.1) is 19.4 Å². The molecule has 0 aliphatic carbocycles. The van der Waals surface area contributed by atoms with Crippen molar-refractivity contribution in [2.75, 3.05) is 43.1 Å². The maximum atomic E-state index is 9.13. The van der Waals surface area contributed by atoms with Crippen LogP contribution in [0, 0.1) is 0 Å². The zero-order chi connectivity index (χ0) is 13.7. The number of fused-ring (bicyclic) bond motifs is 1. The molecule has 0 amide bonds. The summed E-state index contributed by atoms with van der Waals surface area (Å²) in [6, 6.07) is 0. The van der Waals surface area contributed by atoms with Gasteiger partial charge >= 0.3 is 0 Å². The van der Waals surface area contributed by atoms with Gasteiger partial charge in [-0.05, 0) is 6.92 Å². The topological polar surface area (TPSA) is 85.9 Å². The fourth-order valence-corrected chi connectivity index (χ4v) is 1.96. The minimum Gasteiger partial charge on any atom is -0.395 e. The van der Waals surface area contributed by atoms with Crippen molar-refractivity contribution in [2.24, 2.45) is 0 Å². The lowest BCUT2D eigenvalue weighted by Crippen LogP contribution is -2.31. The van der Waals surface area contributed by atoms with Gasteiger partial charge in [0.2, 0.25) is 0 Å². The molecule has 3 N–H and O–H groups in total. The molecule has 19 heavy (non-hydrogen) atoms. The fraction of sp³-hybridized carbons (Fsp3) is 0.500. The molecule has 2 rings (SSSR count). The van der Waals surface area contributed by atoms with Crippen LogP contribution < -0.4 is 10.2 Å². The Hall–Kier alpha value is -1.86. The second-order valence-electron chi connectivity index (χ2n) is 4.07. The second-order valence-corrected chi connectivity index (χ2v) is 4.07. The monoisotopic (exact) mass is 265 g/mol. The molecule has 0 spiro atoms. The molecule has 0 saturated carbocycles. The van der Waals surface area contributed by atoms with E-state index in [1.165, 1.54) is 0 Å². The van der Waals surface area contributed by atoms with Gasteiger partial charge in [-0.1, -0.05) is 0 Å². The molecule has 2 heterocycles. The lowest BCUT2D eigenvalue weighted by Gasteiger charge is -2.22. The van der Waals surface area contributed by atoms with Crippen LogP contribution in [0.1, 0.15) is 6.92 Å². The highest BCUT2D eigenvalue weighted by molar-refractivity contribution is 5.66. The summed E-state index contributed by atoms with van der Waals surface area (Å²) in [6.07, 6.45) is 5.41. The van der Waals surface area contributed by atoms with Crippen LogP contribution in [0.25, 0.3) is 5.65 Å². The summed E-state index contributed by atoms with van der Waals surface area (Å²) in [6.45, 7) is 3.59. The summed E-state index contributed by atoms with van der Waals surface area (Å²) in [7, 11) is 0. The Bertz CT molecular complexity index is 522. The molecule has 104 valence electrons. The van der Waals surface area contributed by atoms with Crippen LogP contribution in [0.3, 0.4) is 0 Å². The quantitative estimate of drug-likeness (QED) is 0.651. The van der Waals surface area contributed by atoms with E-state index >= 15 is 0 Å². The lowest BCUT2D eigenvalue weighted by molar-refractivity contribution is 0.281. The number of aliphatic hydroxyl groups is 2. The Labute approximate surface area is 111 Å². The average Bonchev–Trinajstić information content (AvgIpc) is 2.86. The molecule has 2 aromatic rings. The summed E-state index contributed by atoms with van der Waals surface area (Å²) in [5, 5.41) is 21.4. The van der Waals surface area contributed by atoms with Gasteiger partial charge in [0.1, 0.15) is 5.82 Å². The smallest absolute Gasteiger partial charge is 0.180 e. The molecule has 0 aliphatic rings. The van der Waals surface area contributed by atoms with Crippen LogP contribution in [-0.4, -0.2) is 57.4 Å². The van der Waals surface area contributed by atoms with Gasteiger partial charge in [-0.3, -0.25) is 0 Å². The Morgan fingerprint density at radius 2 is 2.05 bits per heavy atom. The third-order valence-corrected chi connectivity index (χ3v) is 2.75. The van der Waals surface area contributed by atoms with E-state index in [1.807, 2.05) is 28.6 Å². The van der Waals surface area contributed by atoms with Gasteiger partial charge in [0, 0.05) is 32.0 Å². The van der Waals surface area contributed by atoms with Crippen molar-refractivity contribution in [1.82, 2.24) is 14.4 Å². The van der Waals surface area contributed by atoms with Gasteiger partial charge in [0.15, 0.2) is 11.5 Å². The Morgan fingerprint density at radius 1 is 1.32 bits per heavy atom. The zero-order valence-electron chi connectivity index (χ0n) is 11.0. The number of rotatable bonds is 7. The molecule has 0 atom stereocenters. The summed E-state index contributed by atoms with van der Waals surface area (Å²) >= 11 is 0.